The van der Waals surface area contributed by atoms with Crippen molar-refractivity contribution in [2.24, 2.45) is 4.99 Å². The van der Waals surface area contributed by atoms with Gasteiger partial charge in [0.25, 0.3) is 0 Å². The van der Waals surface area contributed by atoms with Crippen molar-refractivity contribution in [3.63, 3.8) is 0 Å². The highest BCUT2D eigenvalue weighted by molar-refractivity contribution is 6.29. The zero-order valence-corrected chi connectivity index (χ0v) is 16.5. The maximum Gasteiger partial charge on any atom is 0.191 e. The lowest BCUT2D eigenvalue weighted by molar-refractivity contribution is 0.290. The fourth-order valence-corrected chi connectivity index (χ4v) is 2.75. The second kappa shape index (κ2) is 10.8. The topological polar surface area (TPSA) is 52.6 Å². The van der Waals surface area contributed by atoms with Gasteiger partial charge in [0.2, 0.25) is 0 Å². The molecular formula is C20H28ClN5. The summed E-state index contributed by atoms with van der Waals surface area (Å²) in [7, 11) is 6.01. The molecule has 0 fully saturated rings. The smallest absolute Gasteiger partial charge is 0.191 e. The van der Waals surface area contributed by atoms with Gasteiger partial charge in [-0.05, 0) is 44.1 Å². The molecule has 0 aliphatic heterocycles. The fourth-order valence-electron chi connectivity index (χ4n) is 2.64. The molecule has 2 aromatic rings. The van der Waals surface area contributed by atoms with Crippen molar-refractivity contribution < 1.29 is 0 Å². The zero-order chi connectivity index (χ0) is 18.8. The van der Waals surface area contributed by atoms with Gasteiger partial charge >= 0.3 is 0 Å². The van der Waals surface area contributed by atoms with Gasteiger partial charge in [0.1, 0.15) is 5.15 Å². The number of aromatic nitrogens is 1. The summed E-state index contributed by atoms with van der Waals surface area (Å²) in [6.45, 7) is 1.61. The summed E-state index contributed by atoms with van der Waals surface area (Å²) in [5.74, 6) is 0.812. The molecule has 2 N–H and O–H groups in total. The number of likely N-dealkylation sites (N-methyl/N-ethyl adjacent to an activating group) is 1. The van der Waals surface area contributed by atoms with E-state index >= 15 is 0 Å². The maximum absolute atomic E-state index is 5.81. The van der Waals surface area contributed by atoms with Gasteiger partial charge in [-0.3, -0.25) is 4.99 Å². The summed E-state index contributed by atoms with van der Waals surface area (Å²) in [5.41, 5.74) is 2.48. The van der Waals surface area contributed by atoms with Crippen molar-refractivity contribution >= 4 is 17.6 Å². The van der Waals surface area contributed by atoms with Gasteiger partial charge in [0, 0.05) is 32.4 Å². The molecule has 26 heavy (non-hydrogen) atoms. The van der Waals surface area contributed by atoms with E-state index in [4.69, 9.17) is 11.6 Å². The molecular weight excluding hydrogens is 346 g/mol. The van der Waals surface area contributed by atoms with E-state index in [-0.39, 0.29) is 0 Å². The van der Waals surface area contributed by atoms with E-state index in [2.05, 4.69) is 63.9 Å². The first-order chi connectivity index (χ1) is 12.6. The monoisotopic (exact) mass is 373 g/mol. The standard InChI is InChI=1S/C20H28ClN5/c1-22-20(23-12-11-17-9-10-19(21)24-14-17)25-15-18(26(2)3)13-16-7-5-4-6-8-16/h4-10,14,18H,11-13,15H2,1-3H3,(H2,22,23,25). The average Bonchev–Trinajstić information content (AvgIpc) is 2.65. The summed E-state index contributed by atoms with van der Waals surface area (Å²) in [6.07, 6.45) is 3.67. The van der Waals surface area contributed by atoms with Crippen molar-refractivity contribution in [2.45, 2.75) is 18.9 Å². The van der Waals surface area contributed by atoms with Crippen molar-refractivity contribution in [3.05, 3.63) is 64.9 Å². The van der Waals surface area contributed by atoms with E-state index in [1.807, 2.05) is 24.4 Å². The number of guanidine groups is 1. The third-order valence-electron chi connectivity index (χ3n) is 4.27. The number of halogens is 1. The Labute approximate surface area is 161 Å². The first-order valence-electron chi connectivity index (χ1n) is 8.83. The molecule has 0 spiro atoms. The van der Waals surface area contributed by atoms with E-state index in [0.29, 0.717) is 11.2 Å². The Bertz CT molecular complexity index is 670. The maximum atomic E-state index is 5.81. The van der Waals surface area contributed by atoms with Crippen molar-refractivity contribution in [1.82, 2.24) is 20.5 Å². The van der Waals surface area contributed by atoms with Crippen LogP contribution in [-0.2, 0) is 12.8 Å². The average molecular weight is 374 g/mol. The molecule has 1 aromatic carbocycles. The van der Waals surface area contributed by atoms with Crippen LogP contribution in [0.25, 0.3) is 0 Å². The lowest BCUT2D eigenvalue weighted by atomic mass is 10.1. The van der Waals surface area contributed by atoms with Crippen LogP contribution < -0.4 is 10.6 Å². The minimum atomic E-state index is 0.386. The Morgan fingerprint density at radius 1 is 1.12 bits per heavy atom. The predicted octanol–water partition coefficient (Wildman–Crippen LogP) is 2.62. The van der Waals surface area contributed by atoms with E-state index < -0.39 is 0 Å². The van der Waals surface area contributed by atoms with Crippen LogP contribution in [-0.4, -0.2) is 56.1 Å². The first-order valence-corrected chi connectivity index (χ1v) is 9.21. The Hall–Kier alpha value is -2.11. The third-order valence-corrected chi connectivity index (χ3v) is 4.49. The Balaban J connectivity index is 1.79. The molecule has 1 heterocycles. The molecule has 0 bridgehead atoms. The Morgan fingerprint density at radius 2 is 1.88 bits per heavy atom. The number of nitrogens with one attached hydrogen (secondary N) is 2. The molecule has 6 heteroatoms. The quantitative estimate of drug-likeness (QED) is 0.424. The number of hydrogen-bond donors (Lipinski definition) is 2. The molecule has 0 saturated heterocycles. The molecule has 0 radical (unpaired) electrons. The highest BCUT2D eigenvalue weighted by Crippen LogP contribution is 2.06. The number of rotatable bonds is 8. The van der Waals surface area contributed by atoms with E-state index in [9.17, 15) is 0 Å². The highest BCUT2D eigenvalue weighted by atomic mass is 35.5. The summed E-state index contributed by atoms with van der Waals surface area (Å²) in [6, 6.07) is 14.8. The van der Waals surface area contributed by atoms with Crippen LogP contribution in [0.3, 0.4) is 0 Å². The molecule has 140 valence electrons. The summed E-state index contributed by atoms with van der Waals surface area (Å²) < 4.78 is 0. The van der Waals surface area contributed by atoms with Crippen molar-refractivity contribution in [1.29, 1.82) is 0 Å². The SMILES string of the molecule is CN=C(NCCc1ccc(Cl)nc1)NCC(Cc1ccccc1)N(C)C. The molecule has 0 amide bonds. The van der Waals surface area contributed by atoms with E-state index in [1.54, 1.807) is 7.05 Å². The van der Waals surface area contributed by atoms with Crippen LogP contribution in [0.15, 0.2) is 53.7 Å². The highest BCUT2D eigenvalue weighted by Gasteiger charge is 2.13. The second-order valence-electron chi connectivity index (χ2n) is 6.43. The van der Waals surface area contributed by atoms with E-state index in [0.717, 1.165) is 37.5 Å². The normalized spacial score (nSPS) is 12.9. The zero-order valence-electron chi connectivity index (χ0n) is 15.7. The van der Waals surface area contributed by atoms with Gasteiger partial charge in [-0.15, -0.1) is 0 Å². The lowest BCUT2D eigenvalue weighted by Crippen LogP contribution is -2.46. The van der Waals surface area contributed by atoms with Gasteiger partial charge in [-0.1, -0.05) is 48.0 Å². The van der Waals surface area contributed by atoms with Gasteiger partial charge in [-0.25, -0.2) is 4.98 Å². The number of hydrogen-bond acceptors (Lipinski definition) is 3. The van der Waals surface area contributed by atoms with Gasteiger partial charge < -0.3 is 15.5 Å². The minimum absolute atomic E-state index is 0.386. The number of benzene rings is 1. The molecule has 0 aliphatic carbocycles. The Kier molecular flexibility index (Phi) is 8.38. The van der Waals surface area contributed by atoms with Crippen LogP contribution in [0, 0.1) is 0 Å². The molecule has 0 aliphatic rings. The predicted molar refractivity (Wildman–Crippen MR) is 110 cm³/mol. The van der Waals surface area contributed by atoms with Crippen LogP contribution in [0.2, 0.25) is 5.15 Å². The van der Waals surface area contributed by atoms with Crippen LogP contribution in [0.1, 0.15) is 11.1 Å². The summed E-state index contributed by atoms with van der Waals surface area (Å²) >= 11 is 5.81. The van der Waals surface area contributed by atoms with Gasteiger partial charge in [-0.2, -0.15) is 0 Å². The summed E-state index contributed by atoms with van der Waals surface area (Å²) in [5, 5.41) is 7.30. The largest absolute Gasteiger partial charge is 0.356 e. The molecule has 1 aromatic heterocycles. The molecule has 2 rings (SSSR count). The van der Waals surface area contributed by atoms with Crippen LogP contribution in [0.5, 0.6) is 0 Å². The number of pyridine rings is 1. The lowest BCUT2D eigenvalue weighted by Gasteiger charge is -2.25. The Morgan fingerprint density at radius 3 is 2.50 bits per heavy atom. The molecule has 1 atom stereocenters. The van der Waals surface area contributed by atoms with Crippen molar-refractivity contribution in [2.75, 3.05) is 34.2 Å². The van der Waals surface area contributed by atoms with Gasteiger partial charge in [0.05, 0.1) is 0 Å². The fraction of sp³-hybridized carbons (Fsp3) is 0.400. The number of aliphatic imine (C=N–C) groups is 1. The first kappa shape index (κ1) is 20.2. The molecule has 5 nitrogen and oxygen atoms in total. The third kappa shape index (κ3) is 7.02. The van der Waals surface area contributed by atoms with Gasteiger partial charge in [0.15, 0.2) is 5.96 Å². The number of nitrogens with zero attached hydrogens (tertiary/aromatic N) is 3. The van der Waals surface area contributed by atoms with Crippen LogP contribution in [0.4, 0.5) is 0 Å². The summed E-state index contributed by atoms with van der Waals surface area (Å²) in [4.78, 5) is 10.7. The van der Waals surface area contributed by atoms with E-state index in [1.165, 1.54) is 5.56 Å². The van der Waals surface area contributed by atoms with Crippen molar-refractivity contribution in [3.8, 4) is 0 Å². The van der Waals surface area contributed by atoms with Crippen LogP contribution >= 0.6 is 11.6 Å². The molecule has 0 saturated carbocycles. The molecule has 1 unspecified atom stereocenters. The second-order valence-corrected chi connectivity index (χ2v) is 6.81. The minimum Gasteiger partial charge on any atom is -0.356 e.